The Hall–Kier alpha value is -1.44. The Kier molecular flexibility index (Phi) is 5.51. The highest BCUT2D eigenvalue weighted by molar-refractivity contribution is 5.33. The Morgan fingerprint density at radius 3 is 2.75 bits per heavy atom. The van der Waals surface area contributed by atoms with E-state index in [4.69, 9.17) is 5.26 Å². The maximum Gasteiger partial charge on any atom is 0.124 e. The fraction of sp³-hybridized carbons (Fsp3) is 0.562. The molecule has 0 aliphatic carbocycles. The van der Waals surface area contributed by atoms with Crippen LogP contribution < -0.4 is 5.32 Å². The molecular formula is C16H22FN3. The number of benzene rings is 1. The lowest BCUT2D eigenvalue weighted by Crippen LogP contribution is -2.36. The first-order valence-electron chi connectivity index (χ1n) is 7.34. The Balaban J connectivity index is 1.86. The van der Waals surface area contributed by atoms with Gasteiger partial charge in [0.05, 0.1) is 11.6 Å². The van der Waals surface area contributed by atoms with Crippen LogP contribution in [0, 0.1) is 23.1 Å². The number of nitrogens with one attached hydrogen (secondary N) is 1. The van der Waals surface area contributed by atoms with Gasteiger partial charge in [-0.3, -0.25) is 4.90 Å². The molecule has 1 aromatic carbocycles. The van der Waals surface area contributed by atoms with Gasteiger partial charge in [0.2, 0.25) is 0 Å². The Bertz CT molecular complexity index is 473. The Morgan fingerprint density at radius 2 is 2.10 bits per heavy atom. The second-order valence-corrected chi connectivity index (χ2v) is 5.49. The van der Waals surface area contributed by atoms with Gasteiger partial charge in [-0.1, -0.05) is 6.92 Å². The van der Waals surface area contributed by atoms with Crippen molar-refractivity contribution in [2.45, 2.75) is 26.3 Å². The van der Waals surface area contributed by atoms with Crippen LogP contribution in [0.3, 0.4) is 0 Å². The van der Waals surface area contributed by atoms with Gasteiger partial charge < -0.3 is 5.32 Å². The predicted octanol–water partition coefficient (Wildman–Crippen LogP) is 2.52. The smallest absolute Gasteiger partial charge is 0.124 e. The third-order valence-corrected chi connectivity index (χ3v) is 3.88. The van der Waals surface area contributed by atoms with Crippen molar-refractivity contribution in [3.05, 3.63) is 35.1 Å². The molecule has 1 aliphatic rings. The second kappa shape index (κ2) is 7.37. The molecule has 0 aromatic heterocycles. The SMILES string of the molecule is CCNCC1CCN(Cc2cc(F)cc(C#N)c2)CC1. The first-order chi connectivity index (χ1) is 9.71. The molecule has 20 heavy (non-hydrogen) atoms. The first-order valence-corrected chi connectivity index (χ1v) is 7.34. The fourth-order valence-electron chi connectivity index (χ4n) is 2.76. The molecule has 4 heteroatoms. The van der Waals surface area contributed by atoms with Crippen LogP contribution in [-0.4, -0.2) is 31.1 Å². The van der Waals surface area contributed by atoms with Crippen LogP contribution in [-0.2, 0) is 6.54 Å². The van der Waals surface area contributed by atoms with E-state index in [1.807, 2.05) is 6.07 Å². The largest absolute Gasteiger partial charge is 0.317 e. The van der Waals surface area contributed by atoms with E-state index in [0.717, 1.165) is 44.2 Å². The van der Waals surface area contributed by atoms with E-state index >= 15 is 0 Å². The van der Waals surface area contributed by atoms with Crippen molar-refractivity contribution < 1.29 is 4.39 Å². The molecule has 0 bridgehead atoms. The van der Waals surface area contributed by atoms with Crippen LogP contribution in [0.25, 0.3) is 0 Å². The van der Waals surface area contributed by atoms with Crippen molar-refractivity contribution in [2.24, 2.45) is 5.92 Å². The molecule has 1 saturated heterocycles. The van der Waals surface area contributed by atoms with Crippen molar-refractivity contribution in [1.29, 1.82) is 5.26 Å². The van der Waals surface area contributed by atoms with Gasteiger partial charge in [0, 0.05) is 6.54 Å². The number of likely N-dealkylation sites (tertiary alicyclic amines) is 1. The lowest BCUT2D eigenvalue weighted by molar-refractivity contribution is 0.175. The maximum absolute atomic E-state index is 13.4. The maximum atomic E-state index is 13.4. The van der Waals surface area contributed by atoms with E-state index in [9.17, 15) is 4.39 Å². The molecule has 1 N–H and O–H groups in total. The molecule has 0 spiro atoms. The van der Waals surface area contributed by atoms with Crippen LogP contribution in [0.2, 0.25) is 0 Å². The lowest BCUT2D eigenvalue weighted by Gasteiger charge is -2.32. The van der Waals surface area contributed by atoms with E-state index in [1.165, 1.54) is 25.0 Å². The molecule has 0 unspecified atom stereocenters. The number of nitrogens with zero attached hydrogens (tertiary/aromatic N) is 2. The third-order valence-electron chi connectivity index (χ3n) is 3.88. The Morgan fingerprint density at radius 1 is 1.35 bits per heavy atom. The predicted molar refractivity (Wildman–Crippen MR) is 77.7 cm³/mol. The molecule has 1 aliphatic heterocycles. The summed E-state index contributed by atoms with van der Waals surface area (Å²) in [5.41, 5.74) is 1.30. The third kappa shape index (κ3) is 4.29. The number of nitriles is 1. The summed E-state index contributed by atoms with van der Waals surface area (Å²) in [5, 5.41) is 12.3. The fourth-order valence-corrected chi connectivity index (χ4v) is 2.76. The average Bonchev–Trinajstić information content (AvgIpc) is 2.46. The van der Waals surface area contributed by atoms with Gasteiger partial charge in [0.1, 0.15) is 5.82 Å². The van der Waals surface area contributed by atoms with Crippen LogP contribution in [0.15, 0.2) is 18.2 Å². The van der Waals surface area contributed by atoms with E-state index in [2.05, 4.69) is 17.1 Å². The topological polar surface area (TPSA) is 39.1 Å². The number of halogens is 1. The number of piperidine rings is 1. The second-order valence-electron chi connectivity index (χ2n) is 5.49. The molecule has 0 radical (unpaired) electrons. The monoisotopic (exact) mass is 275 g/mol. The number of hydrogen-bond acceptors (Lipinski definition) is 3. The van der Waals surface area contributed by atoms with Crippen molar-refractivity contribution >= 4 is 0 Å². The van der Waals surface area contributed by atoms with Crippen molar-refractivity contribution in [1.82, 2.24) is 10.2 Å². The van der Waals surface area contributed by atoms with E-state index in [0.29, 0.717) is 5.56 Å². The zero-order valence-electron chi connectivity index (χ0n) is 12.0. The minimum atomic E-state index is -0.318. The standard InChI is InChI=1S/C16H22FN3/c1-2-19-11-13-3-5-20(6-4-13)12-15-7-14(10-18)8-16(17)9-15/h7-9,13,19H,2-6,11-12H2,1H3. The summed E-state index contributed by atoms with van der Waals surface area (Å²) in [6, 6.07) is 6.61. The average molecular weight is 275 g/mol. The Labute approximate surface area is 120 Å². The zero-order chi connectivity index (χ0) is 14.4. The summed E-state index contributed by atoms with van der Waals surface area (Å²) in [4.78, 5) is 2.35. The van der Waals surface area contributed by atoms with Crippen molar-refractivity contribution in [3.63, 3.8) is 0 Å². The molecule has 1 heterocycles. The van der Waals surface area contributed by atoms with Crippen LogP contribution in [0.5, 0.6) is 0 Å². The highest BCUT2D eigenvalue weighted by Crippen LogP contribution is 2.19. The van der Waals surface area contributed by atoms with E-state index in [1.54, 1.807) is 6.07 Å². The van der Waals surface area contributed by atoms with Crippen LogP contribution in [0.1, 0.15) is 30.9 Å². The lowest BCUT2D eigenvalue weighted by atomic mass is 9.96. The first kappa shape index (κ1) is 15.0. The molecular weight excluding hydrogens is 253 g/mol. The van der Waals surface area contributed by atoms with Gasteiger partial charge in [0.15, 0.2) is 0 Å². The summed E-state index contributed by atoms with van der Waals surface area (Å²) in [6.07, 6.45) is 2.38. The minimum absolute atomic E-state index is 0.318. The molecule has 2 rings (SSSR count). The van der Waals surface area contributed by atoms with Gasteiger partial charge >= 0.3 is 0 Å². The zero-order valence-corrected chi connectivity index (χ0v) is 12.0. The van der Waals surface area contributed by atoms with E-state index < -0.39 is 0 Å². The quantitative estimate of drug-likeness (QED) is 0.897. The normalized spacial score (nSPS) is 17.1. The molecule has 108 valence electrons. The molecule has 0 atom stereocenters. The molecule has 3 nitrogen and oxygen atoms in total. The van der Waals surface area contributed by atoms with Gasteiger partial charge in [-0.05, 0) is 68.7 Å². The summed E-state index contributed by atoms with van der Waals surface area (Å²) >= 11 is 0. The molecule has 1 fully saturated rings. The summed E-state index contributed by atoms with van der Waals surface area (Å²) in [6.45, 7) is 7.10. The number of rotatable bonds is 5. The summed E-state index contributed by atoms with van der Waals surface area (Å²) in [5.74, 6) is 0.439. The van der Waals surface area contributed by atoms with Gasteiger partial charge in [-0.25, -0.2) is 4.39 Å². The number of hydrogen-bond donors (Lipinski definition) is 1. The van der Waals surface area contributed by atoms with Gasteiger partial charge in [0.25, 0.3) is 0 Å². The highest BCUT2D eigenvalue weighted by Gasteiger charge is 2.19. The molecule has 0 amide bonds. The molecule has 0 saturated carbocycles. The van der Waals surface area contributed by atoms with Crippen LogP contribution >= 0.6 is 0 Å². The molecule has 1 aromatic rings. The highest BCUT2D eigenvalue weighted by atomic mass is 19.1. The van der Waals surface area contributed by atoms with E-state index in [-0.39, 0.29) is 5.82 Å². The van der Waals surface area contributed by atoms with Crippen LogP contribution in [0.4, 0.5) is 4.39 Å². The van der Waals surface area contributed by atoms with Crippen molar-refractivity contribution in [3.8, 4) is 6.07 Å². The summed E-state index contributed by atoms with van der Waals surface area (Å²) < 4.78 is 13.4. The van der Waals surface area contributed by atoms with Gasteiger partial charge in [-0.15, -0.1) is 0 Å². The van der Waals surface area contributed by atoms with Crippen molar-refractivity contribution in [2.75, 3.05) is 26.2 Å². The minimum Gasteiger partial charge on any atom is -0.317 e. The summed E-state index contributed by atoms with van der Waals surface area (Å²) in [7, 11) is 0. The van der Waals surface area contributed by atoms with Gasteiger partial charge in [-0.2, -0.15) is 5.26 Å².